The number of hydrogen-bond acceptors (Lipinski definition) is 3. The fraction of sp³-hybridized carbons (Fsp3) is 0.208. The Morgan fingerprint density at radius 3 is 2.43 bits per heavy atom. The lowest BCUT2D eigenvalue weighted by Gasteiger charge is -2.14. The molecule has 0 radical (unpaired) electrons. The van der Waals surface area contributed by atoms with Crippen molar-refractivity contribution < 1.29 is 4.79 Å². The molecule has 0 aliphatic heterocycles. The lowest BCUT2D eigenvalue weighted by atomic mass is 9.99. The molecule has 0 aliphatic carbocycles. The maximum atomic E-state index is 12.8. The molecular formula is C24H25BrN4O. The summed E-state index contributed by atoms with van der Waals surface area (Å²) in [6.45, 7) is 4.81. The van der Waals surface area contributed by atoms with E-state index in [1.54, 1.807) is 18.5 Å². The Morgan fingerprint density at radius 1 is 1.07 bits per heavy atom. The van der Waals surface area contributed by atoms with E-state index in [0.29, 0.717) is 24.0 Å². The van der Waals surface area contributed by atoms with Gasteiger partial charge in [-0.2, -0.15) is 0 Å². The molecule has 0 aliphatic rings. The molecule has 0 bridgehead atoms. The van der Waals surface area contributed by atoms with E-state index in [-0.39, 0.29) is 5.91 Å². The molecule has 0 unspecified atom stereocenters. The van der Waals surface area contributed by atoms with Crippen molar-refractivity contribution in [2.24, 2.45) is 4.99 Å². The summed E-state index contributed by atoms with van der Waals surface area (Å²) in [6.07, 6.45) is 4.55. The first kappa shape index (κ1) is 21.7. The molecule has 2 aromatic carbocycles. The normalized spacial score (nSPS) is 12.3. The van der Waals surface area contributed by atoms with Gasteiger partial charge in [-0.1, -0.05) is 38.1 Å². The van der Waals surface area contributed by atoms with Gasteiger partial charge in [0.05, 0.1) is 12.1 Å². The quantitative estimate of drug-likeness (QED) is 0.360. The maximum Gasteiger partial charge on any atom is 0.259 e. The number of aromatic nitrogens is 1. The van der Waals surface area contributed by atoms with Gasteiger partial charge in [0.1, 0.15) is 0 Å². The Bertz CT molecular complexity index is 1000. The van der Waals surface area contributed by atoms with Crippen LogP contribution in [0.15, 0.2) is 82.5 Å². The van der Waals surface area contributed by atoms with Crippen LogP contribution in [0.3, 0.4) is 0 Å². The highest BCUT2D eigenvalue weighted by Gasteiger charge is 2.12. The first-order valence-corrected chi connectivity index (χ1v) is 10.7. The average Bonchev–Trinajstić information content (AvgIpc) is 2.78. The second-order valence-electron chi connectivity index (χ2n) is 7.01. The number of rotatable bonds is 6. The summed E-state index contributed by atoms with van der Waals surface area (Å²) >= 11 is 3.43. The minimum absolute atomic E-state index is 0.236. The number of guanidine groups is 1. The molecule has 0 saturated heterocycles. The van der Waals surface area contributed by atoms with Gasteiger partial charge >= 0.3 is 0 Å². The number of anilines is 1. The summed E-state index contributed by atoms with van der Waals surface area (Å²) in [5, 5.41) is 6.14. The number of nitrogens with one attached hydrogen (secondary N) is 2. The predicted molar refractivity (Wildman–Crippen MR) is 126 cm³/mol. The van der Waals surface area contributed by atoms with Crippen molar-refractivity contribution in [1.82, 2.24) is 10.3 Å². The third kappa shape index (κ3) is 6.00. The standard InChI is InChI=1S/C24H25BrN4O/c1-3-17(2)19-8-10-20(11-9-19)28-24(27-16-18-12-14-26-15-13-18)29-23(30)21-6-4-5-7-22(21)25/h4-15,17H,3,16H2,1-2H3,(H2,27,28,29,30)/t17-/m0/s1. The molecule has 1 heterocycles. The Kier molecular flexibility index (Phi) is 7.74. The molecular weight excluding hydrogens is 440 g/mol. The molecule has 1 amide bonds. The largest absolute Gasteiger partial charge is 0.326 e. The number of carbonyl (C=O) groups excluding carboxylic acids is 1. The third-order valence-corrected chi connectivity index (χ3v) is 5.57. The van der Waals surface area contributed by atoms with Crippen molar-refractivity contribution in [3.63, 3.8) is 0 Å². The highest BCUT2D eigenvalue weighted by atomic mass is 79.9. The lowest BCUT2D eigenvalue weighted by Crippen LogP contribution is -2.36. The number of carbonyl (C=O) groups is 1. The molecule has 5 nitrogen and oxygen atoms in total. The van der Waals surface area contributed by atoms with E-state index < -0.39 is 0 Å². The fourth-order valence-corrected chi connectivity index (χ4v) is 3.32. The first-order chi connectivity index (χ1) is 14.6. The summed E-state index contributed by atoms with van der Waals surface area (Å²) in [5.74, 6) is 0.664. The number of hydrogen-bond donors (Lipinski definition) is 2. The van der Waals surface area contributed by atoms with Gasteiger partial charge in [0.15, 0.2) is 0 Å². The number of benzene rings is 2. The van der Waals surface area contributed by atoms with Crippen LogP contribution in [0.25, 0.3) is 0 Å². The molecule has 154 valence electrons. The number of nitrogens with zero attached hydrogens (tertiary/aromatic N) is 2. The van der Waals surface area contributed by atoms with Crippen LogP contribution in [0.1, 0.15) is 47.7 Å². The highest BCUT2D eigenvalue weighted by Crippen LogP contribution is 2.20. The second kappa shape index (κ2) is 10.7. The Balaban J connectivity index is 1.80. The van der Waals surface area contributed by atoms with E-state index in [0.717, 1.165) is 22.1 Å². The van der Waals surface area contributed by atoms with Crippen LogP contribution in [0.2, 0.25) is 0 Å². The van der Waals surface area contributed by atoms with Crippen molar-refractivity contribution in [3.8, 4) is 0 Å². The molecule has 1 atom stereocenters. The van der Waals surface area contributed by atoms with Crippen LogP contribution in [0.5, 0.6) is 0 Å². The first-order valence-electron chi connectivity index (χ1n) is 9.93. The Labute approximate surface area is 185 Å². The van der Waals surface area contributed by atoms with Crippen LogP contribution in [0.4, 0.5) is 5.69 Å². The molecule has 30 heavy (non-hydrogen) atoms. The Hall–Kier alpha value is -2.99. The predicted octanol–water partition coefficient (Wildman–Crippen LogP) is 5.76. The minimum Gasteiger partial charge on any atom is -0.326 e. The van der Waals surface area contributed by atoms with Crippen LogP contribution in [-0.4, -0.2) is 16.9 Å². The minimum atomic E-state index is -0.236. The molecule has 3 aromatic rings. The summed E-state index contributed by atoms with van der Waals surface area (Å²) in [4.78, 5) is 21.4. The van der Waals surface area contributed by atoms with Crippen molar-refractivity contribution >= 4 is 33.5 Å². The summed E-state index contributed by atoms with van der Waals surface area (Å²) < 4.78 is 0.730. The number of aliphatic imine (C=N–C) groups is 1. The van der Waals surface area contributed by atoms with Gasteiger partial charge in [0.2, 0.25) is 5.96 Å². The van der Waals surface area contributed by atoms with Crippen LogP contribution >= 0.6 is 15.9 Å². The molecule has 2 N–H and O–H groups in total. The molecule has 6 heteroatoms. The topological polar surface area (TPSA) is 66.4 Å². The zero-order chi connectivity index (χ0) is 21.3. The van der Waals surface area contributed by atoms with Crippen LogP contribution in [-0.2, 0) is 6.54 Å². The van der Waals surface area contributed by atoms with E-state index in [1.807, 2.05) is 42.5 Å². The van der Waals surface area contributed by atoms with E-state index in [2.05, 4.69) is 62.5 Å². The van der Waals surface area contributed by atoms with Crippen LogP contribution in [0, 0.1) is 0 Å². The van der Waals surface area contributed by atoms with E-state index in [4.69, 9.17) is 0 Å². The van der Waals surface area contributed by atoms with E-state index >= 15 is 0 Å². The number of pyridine rings is 1. The monoisotopic (exact) mass is 464 g/mol. The highest BCUT2D eigenvalue weighted by molar-refractivity contribution is 9.10. The summed E-state index contributed by atoms with van der Waals surface area (Å²) in [6, 6.07) is 19.3. The lowest BCUT2D eigenvalue weighted by molar-refractivity contribution is 0.0976. The van der Waals surface area contributed by atoms with Gasteiger partial charge in [0.25, 0.3) is 5.91 Å². The zero-order valence-electron chi connectivity index (χ0n) is 17.1. The summed E-state index contributed by atoms with van der Waals surface area (Å²) in [7, 11) is 0. The zero-order valence-corrected chi connectivity index (χ0v) is 18.7. The van der Waals surface area contributed by atoms with Crippen molar-refractivity contribution in [1.29, 1.82) is 0 Å². The van der Waals surface area contributed by atoms with E-state index in [9.17, 15) is 4.79 Å². The van der Waals surface area contributed by atoms with Gasteiger partial charge in [-0.05, 0) is 75.8 Å². The van der Waals surface area contributed by atoms with Gasteiger partial charge in [-0.25, -0.2) is 4.99 Å². The smallest absolute Gasteiger partial charge is 0.259 e. The SMILES string of the molecule is CC[C@H](C)c1ccc(NC(=NCc2ccncc2)NC(=O)c2ccccc2Br)cc1. The van der Waals surface area contributed by atoms with Crippen molar-refractivity contribution in [2.75, 3.05) is 5.32 Å². The molecule has 0 fully saturated rings. The fourth-order valence-electron chi connectivity index (χ4n) is 2.86. The second-order valence-corrected chi connectivity index (χ2v) is 7.86. The molecule has 3 rings (SSSR count). The van der Waals surface area contributed by atoms with Gasteiger partial charge in [-0.15, -0.1) is 0 Å². The third-order valence-electron chi connectivity index (χ3n) is 4.87. The van der Waals surface area contributed by atoms with Crippen molar-refractivity contribution in [3.05, 3.63) is 94.2 Å². The van der Waals surface area contributed by atoms with Crippen molar-refractivity contribution in [2.45, 2.75) is 32.7 Å². The van der Waals surface area contributed by atoms with Gasteiger partial charge in [-0.3, -0.25) is 15.1 Å². The Morgan fingerprint density at radius 2 is 1.77 bits per heavy atom. The molecule has 1 aromatic heterocycles. The maximum absolute atomic E-state index is 12.8. The number of halogens is 1. The van der Waals surface area contributed by atoms with Gasteiger partial charge < -0.3 is 5.32 Å². The molecule has 0 saturated carbocycles. The summed E-state index contributed by atoms with van der Waals surface area (Å²) in [5.41, 5.74) is 3.70. The van der Waals surface area contributed by atoms with Crippen LogP contribution < -0.4 is 10.6 Å². The molecule has 0 spiro atoms. The van der Waals surface area contributed by atoms with Gasteiger partial charge in [0, 0.05) is 22.6 Å². The average molecular weight is 465 g/mol. The van der Waals surface area contributed by atoms with E-state index in [1.165, 1.54) is 5.56 Å². The number of amides is 1.